The smallest absolute Gasteiger partial charge is 0.444 e. The number of nitrogens with zero attached hydrogens (tertiary/aromatic N) is 1. The van der Waals surface area contributed by atoms with E-state index in [0.29, 0.717) is 6.42 Å². The molecule has 8 heteroatoms. The van der Waals surface area contributed by atoms with Gasteiger partial charge in [0.1, 0.15) is 11.6 Å². The lowest BCUT2D eigenvalue weighted by atomic mass is 9.78. The number of benzene rings is 1. The summed E-state index contributed by atoms with van der Waals surface area (Å²) in [5.74, 6) is -0.0663. The highest BCUT2D eigenvalue weighted by atomic mass is 16.7. The van der Waals surface area contributed by atoms with E-state index in [1.165, 1.54) is 0 Å². The van der Waals surface area contributed by atoms with Crippen LogP contribution in [0.5, 0.6) is 0 Å². The Morgan fingerprint density at radius 3 is 2.09 bits per heavy atom. The molecule has 1 aromatic rings. The molecule has 0 spiro atoms. The van der Waals surface area contributed by atoms with Gasteiger partial charge in [-0.15, -0.1) is 0 Å². The van der Waals surface area contributed by atoms with E-state index in [1.807, 2.05) is 56.9 Å². The van der Waals surface area contributed by atoms with Gasteiger partial charge >= 0.3 is 13.2 Å². The zero-order valence-corrected chi connectivity index (χ0v) is 20.5. The van der Waals surface area contributed by atoms with E-state index in [1.54, 1.807) is 20.8 Å². The fraction of sp³-hybridized carbons (Fsp3) is 0.667. The molecular weight excluding hydrogens is 407 g/mol. The molecule has 0 aromatic heterocycles. The van der Waals surface area contributed by atoms with Gasteiger partial charge in [0.25, 0.3) is 0 Å². The minimum Gasteiger partial charge on any atom is -0.444 e. The van der Waals surface area contributed by atoms with E-state index < -0.39 is 36.1 Å². The van der Waals surface area contributed by atoms with Crippen LogP contribution in [0.4, 0.5) is 4.79 Å². The van der Waals surface area contributed by atoms with Crippen molar-refractivity contribution in [3.05, 3.63) is 29.8 Å². The molecule has 0 aliphatic carbocycles. The molecular formula is C24H37BN2O5. The van der Waals surface area contributed by atoms with Gasteiger partial charge in [-0.2, -0.15) is 0 Å². The lowest BCUT2D eigenvalue weighted by Crippen LogP contribution is -2.50. The topological polar surface area (TPSA) is 77.1 Å². The molecule has 32 heavy (non-hydrogen) atoms. The first-order chi connectivity index (χ1) is 14.8. The second-order valence-electron chi connectivity index (χ2n) is 10.8. The van der Waals surface area contributed by atoms with Crippen LogP contribution in [-0.4, -0.2) is 60.0 Å². The average Bonchev–Trinajstić information content (AvgIpc) is 3.26. The predicted octanol–water partition coefficient (Wildman–Crippen LogP) is 3.04. The molecule has 3 rings (SSSR count). The van der Waals surface area contributed by atoms with Crippen molar-refractivity contribution in [2.24, 2.45) is 0 Å². The molecule has 0 radical (unpaired) electrons. The van der Waals surface area contributed by atoms with Crippen molar-refractivity contribution in [1.29, 1.82) is 0 Å². The number of hydrogen-bond donors (Lipinski definition) is 1. The lowest BCUT2D eigenvalue weighted by Gasteiger charge is -2.32. The van der Waals surface area contributed by atoms with Crippen LogP contribution >= 0.6 is 0 Å². The SMILES string of the molecule is CC(C)(C)OC(=O)N[C@H](Cc1ccc(B2OC(C)(C)C(C)(C)O2)cc1)C(=O)N1CCCC1. The molecule has 2 saturated heterocycles. The number of alkyl carbamates (subject to hydrolysis) is 1. The largest absolute Gasteiger partial charge is 0.494 e. The monoisotopic (exact) mass is 444 g/mol. The molecule has 7 nitrogen and oxygen atoms in total. The summed E-state index contributed by atoms with van der Waals surface area (Å²) in [5, 5.41) is 2.79. The van der Waals surface area contributed by atoms with Gasteiger partial charge in [0.2, 0.25) is 5.91 Å². The maximum atomic E-state index is 13.1. The van der Waals surface area contributed by atoms with E-state index in [4.69, 9.17) is 14.0 Å². The van der Waals surface area contributed by atoms with Crippen LogP contribution in [-0.2, 0) is 25.3 Å². The highest BCUT2D eigenvalue weighted by Crippen LogP contribution is 2.36. The first kappa shape index (κ1) is 24.6. The Kier molecular flexibility index (Phi) is 6.96. The molecule has 0 saturated carbocycles. The Balaban J connectivity index is 1.71. The van der Waals surface area contributed by atoms with Gasteiger partial charge in [-0.1, -0.05) is 24.3 Å². The highest BCUT2D eigenvalue weighted by molar-refractivity contribution is 6.62. The number of amides is 2. The van der Waals surface area contributed by atoms with Crippen molar-refractivity contribution >= 4 is 24.6 Å². The second-order valence-corrected chi connectivity index (χ2v) is 10.8. The summed E-state index contributed by atoms with van der Waals surface area (Å²) in [6, 6.07) is 7.17. The number of rotatable bonds is 5. The Labute approximate surface area is 192 Å². The van der Waals surface area contributed by atoms with E-state index in [9.17, 15) is 9.59 Å². The van der Waals surface area contributed by atoms with Gasteiger partial charge in [-0.3, -0.25) is 4.79 Å². The normalized spacial score (nSPS) is 20.8. The summed E-state index contributed by atoms with van der Waals surface area (Å²) in [7, 11) is -0.434. The van der Waals surface area contributed by atoms with Crippen LogP contribution < -0.4 is 10.8 Å². The number of carbonyl (C=O) groups excluding carboxylic acids is 2. The number of ether oxygens (including phenoxy) is 1. The molecule has 0 unspecified atom stereocenters. The van der Waals surface area contributed by atoms with E-state index in [0.717, 1.165) is 37.0 Å². The van der Waals surface area contributed by atoms with Crippen LogP contribution in [0.2, 0.25) is 0 Å². The van der Waals surface area contributed by atoms with Gasteiger partial charge < -0.3 is 24.3 Å². The van der Waals surface area contributed by atoms with Crippen molar-refractivity contribution in [3.63, 3.8) is 0 Å². The maximum Gasteiger partial charge on any atom is 0.494 e. The van der Waals surface area contributed by atoms with Crippen molar-refractivity contribution < 1.29 is 23.6 Å². The Hall–Kier alpha value is -2.06. The molecule has 2 amide bonds. The van der Waals surface area contributed by atoms with Gasteiger partial charge in [0.05, 0.1) is 11.2 Å². The van der Waals surface area contributed by atoms with Crippen molar-refractivity contribution in [2.45, 2.75) is 90.6 Å². The fourth-order valence-electron chi connectivity index (χ4n) is 3.83. The first-order valence-corrected chi connectivity index (χ1v) is 11.5. The van der Waals surface area contributed by atoms with E-state index >= 15 is 0 Å². The summed E-state index contributed by atoms with van der Waals surface area (Å²) in [6.07, 6.45) is 1.79. The number of carbonyl (C=O) groups is 2. The average molecular weight is 444 g/mol. The lowest BCUT2D eigenvalue weighted by molar-refractivity contribution is -0.132. The first-order valence-electron chi connectivity index (χ1n) is 11.5. The van der Waals surface area contributed by atoms with Crippen LogP contribution in [0.15, 0.2) is 24.3 Å². The standard InChI is InChI=1S/C24H37BN2O5/c1-22(2,3)30-21(29)26-19(20(28)27-14-8-9-15-27)16-17-10-12-18(13-11-17)25-31-23(4,5)24(6,7)32-25/h10-13,19H,8-9,14-16H2,1-7H3,(H,26,29)/t19-/m1/s1. The summed E-state index contributed by atoms with van der Waals surface area (Å²) in [5.41, 5.74) is 0.436. The molecule has 2 aliphatic rings. The molecule has 2 heterocycles. The molecule has 1 N–H and O–H groups in total. The molecule has 176 valence electrons. The molecule has 0 bridgehead atoms. The van der Waals surface area contributed by atoms with Gasteiger partial charge in [0, 0.05) is 19.5 Å². The Morgan fingerprint density at radius 1 is 1.06 bits per heavy atom. The van der Waals surface area contributed by atoms with Crippen LogP contribution in [0.25, 0.3) is 0 Å². The third-order valence-corrected chi connectivity index (χ3v) is 6.35. The van der Waals surface area contributed by atoms with Crippen molar-refractivity contribution in [2.75, 3.05) is 13.1 Å². The van der Waals surface area contributed by atoms with E-state index in [2.05, 4.69) is 5.32 Å². The summed E-state index contributed by atoms with van der Waals surface area (Å²) < 4.78 is 17.6. The fourth-order valence-corrected chi connectivity index (χ4v) is 3.83. The number of likely N-dealkylation sites (tertiary alicyclic amines) is 1. The van der Waals surface area contributed by atoms with E-state index in [-0.39, 0.29) is 5.91 Å². The van der Waals surface area contributed by atoms with Gasteiger partial charge in [-0.05, 0) is 72.3 Å². The minimum atomic E-state index is -0.675. The maximum absolute atomic E-state index is 13.1. The van der Waals surface area contributed by atoms with Crippen LogP contribution in [0.1, 0.15) is 66.9 Å². The zero-order valence-electron chi connectivity index (χ0n) is 20.5. The molecule has 1 aromatic carbocycles. The van der Waals surface area contributed by atoms with Crippen molar-refractivity contribution in [3.8, 4) is 0 Å². The predicted molar refractivity (Wildman–Crippen MR) is 125 cm³/mol. The van der Waals surface area contributed by atoms with Gasteiger partial charge in [-0.25, -0.2) is 4.79 Å². The second kappa shape index (κ2) is 9.06. The third kappa shape index (κ3) is 5.84. The van der Waals surface area contributed by atoms with Gasteiger partial charge in [0.15, 0.2) is 0 Å². The van der Waals surface area contributed by atoms with Crippen molar-refractivity contribution in [1.82, 2.24) is 10.2 Å². The Morgan fingerprint density at radius 2 is 1.59 bits per heavy atom. The highest BCUT2D eigenvalue weighted by Gasteiger charge is 2.51. The Bertz CT molecular complexity index is 810. The summed E-state index contributed by atoms with van der Waals surface area (Å²) >= 11 is 0. The summed E-state index contributed by atoms with van der Waals surface area (Å²) in [6.45, 7) is 15.0. The summed E-state index contributed by atoms with van der Waals surface area (Å²) in [4.78, 5) is 27.3. The molecule has 2 aliphatic heterocycles. The number of hydrogen-bond acceptors (Lipinski definition) is 5. The molecule has 2 fully saturated rings. The number of nitrogens with one attached hydrogen (secondary N) is 1. The molecule has 1 atom stereocenters. The quantitative estimate of drug-likeness (QED) is 0.707. The third-order valence-electron chi connectivity index (χ3n) is 6.35. The van der Waals surface area contributed by atoms with Crippen LogP contribution in [0.3, 0.4) is 0 Å². The minimum absolute atomic E-state index is 0.0663. The van der Waals surface area contributed by atoms with Crippen LogP contribution in [0, 0.1) is 0 Å². The zero-order chi connectivity index (χ0) is 23.7.